The Morgan fingerprint density at radius 2 is 1.66 bits per heavy atom. The molecule has 1 amide bonds. The van der Waals surface area contributed by atoms with E-state index in [-0.39, 0.29) is 31.8 Å². The van der Waals surface area contributed by atoms with Gasteiger partial charge in [-0.1, -0.05) is 53.0 Å². The van der Waals surface area contributed by atoms with Gasteiger partial charge in [-0.3, -0.25) is 4.79 Å². The van der Waals surface area contributed by atoms with Gasteiger partial charge < -0.3 is 9.87 Å². The van der Waals surface area contributed by atoms with E-state index in [2.05, 4.69) is 5.32 Å². The van der Waals surface area contributed by atoms with Crippen LogP contribution in [0.25, 0.3) is 6.08 Å². The molecule has 2 aromatic carbocycles. The number of carbonyl (C=O) groups excluding carboxylic acids is 1. The van der Waals surface area contributed by atoms with Crippen molar-refractivity contribution in [2.24, 2.45) is 0 Å². The maximum absolute atomic E-state index is 13.6. The van der Waals surface area contributed by atoms with Crippen molar-refractivity contribution >= 4 is 58.0 Å². The summed E-state index contributed by atoms with van der Waals surface area (Å²) in [7, 11) is 0. The maximum Gasteiger partial charge on any atom is 0.433 e. The van der Waals surface area contributed by atoms with E-state index in [1.165, 1.54) is 37.3 Å². The minimum Gasteiger partial charge on any atom is -0.616 e. The van der Waals surface area contributed by atoms with Crippen molar-refractivity contribution in [2.75, 3.05) is 11.5 Å². The van der Waals surface area contributed by atoms with Crippen molar-refractivity contribution in [3.8, 4) is 0 Å². The van der Waals surface area contributed by atoms with Crippen molar-refractivity contribution in [1.29, 1.82) is 0 Å². The molecular formula is C22H18Cl3F6NO2S. The van der Waals surface area contributed by atoms with Gasteiger partial charge in [0.05, 0.1) is 22.5 Å². The molecule has 0 saturated carbocycles. The Kier molecular flexibility index (Phi) is 10.2. The highest BCUT2D eigenvalue weighted by Gasteiger charge is 2.39. The summed E-state index contributed by atoms with van der Waals surface area (Å²) in [6.07, 6.45) is -7.17. The van der Waals surface area contributed by atoms with E-state index in [0.717, 1.165) is 18.2 Å². The Labute approximate surface area is 215 Å². The number of alkyl halides is 6. The molecule has 3 nitrogen and oxygen atoms in total. The highest BCUT2D eigenvalue weighted by Crippen LogP contribution is 2.38. The van der Waals surface area contributed by atoms with Gasteiger partial charge in [-0.15, -0.1) is 0 Å². The summed E-state index contributed by atoms with van der Waals surface area (Å²) in [5.74, 6) is -4.66. The standard InChI is InChI=1S/C22H18Cl3F6NO2S/c1-12(10-35(34)11-21(26,27)28)32-20(33)17-4-2-13(6-19(17)25)3-5-18(22(29,30)31)14-7-15(23)9-16(24)8-14/h2-9,12,18H,10-11H2,1H3,(H,32,33)/b5-3+/t12-,18?,35?/m1/s1. The molecule has 0 fully saturated rings. The largest absolute Gasteiger partial charge is 0.616 e. The third-order valence-electron chi connectivity index (χ3n) is 4.45. The molecule has 2 rings (SSSR count). The normalized spacial score (nSPS) is 15.2. The molecule has 0 aromatic heterocycles. The van der Waals surface area contributed by atoms with Crippen LogP contribution in [0.5, 0.6) is 0 Å². The molecule has 2 aromatic rings. The number of halogens is 9. The van der Waals surface area contributed by atoms with Crippen molar-refractivity contribution in [3.05, 3.63) is 74.2 Å². The van der Waals surface area contributed by atoms with Gasteiger partial charge in [-0.25, -0.2) is 0 Å². The fourth-order valence-corrected chi connectivity index (χ4v) is 5.00. The average molecular weight is 581 g/mol. The maximum atomic E-state index is 13.6. The lowest BCUT2D eigenvalue weighted by Crippen LogP contribution is -2.39. The molecule has 0 saturated heterocycles. The number of benzene rings is 2. The minimum absolute atomic E-state index is 0.0463. The lowest BCUT2D eigenvalue weighted by Gasteiger charge is -2.18. The summed E-state index contributed by atoms with van der Waals surface area (Å²) in [5, 5.41) is 2.40. The molecule has 0 heterocycles. The van der Waals surface area contributed by atoms with Crippen LogP contribution in [0.2, 0.25) is 15.1 Å². The summed E-state index contributed by atoms with van der Waals surface area (Å²) >= 11 is 15.5. The van der Waals surface area contributed by atoms with Crippen LogP contribution in [0.4, 0.5) is 26.3 Å². The molecule has 13 heteroatoms. The minimum atomic E-state index is -4.64. The summed E-state index contributed by atoms with van der Waals surface area (Å²) in [5.41, 5.74) is 0.0461. The monoisotopic (exact) mass is 579 g/mol. The third-order valence-corrected chi connectivity index (χ3v) is 6.72. The molecule has 0 aliphatic carbocycles. The zero-order valence-electron chi connectivity index (χ0n) is 17.8. The predicted molar refractivity (Wildman–Crippen MR) is 127 cm³/mol. The highest BCUT2D eigenvalue weighted by molar-refractivity contribution is 7.91. The van der Waals surface area contributed by atoms with E-state index in [1.807, 2.05) is 0 Å². The average Bonchev–Trinajstić information content (AvgIpc) is 2.64. The van der Waals surface area contributed by atoms with Crippen molar-refractivity contribution in [1.82, 2.24) is 5.32 Å². The molecule has 0 spiro atoms. The van der Waals surface area contributed by atoms with Gasteiger partial charge in [0.1, 0.15) is 5.75 Å². The molecule has 0 radical (unpaired) electrons. The highest BCUT2D eigenvalue weighted by atomic mass is 35.5. The van der Waals surface area contributed by atoms with E-state index in [4.69, 9.17) is 34.8 Å². The lowest BCUT2D eigenvalue weighted by atomic mass is 9.97. The summed E-state index contributed by atoms with van der Waals surface area (Å²) in [6.45, 7) is 1.39. The van der Waals surface area contributed by atoms with E-state index < -0.39 is 52.9 Å². The zero-order valence-corrected chi connectivity index (χ0v) is 20.9. The number of amides is 1. The number of nitrogens with one attached hydrogen (secondary N) is 1. The Bertz CT molecular complexity index is 1060. The number of allylic oxidation sites excluding steroid dienone is 1. The van der Waals surface area contributed by atoms with Gasteiger partial charge in [0, 0.05) is 10.0 Å². The second-order valence-corrected chi connectivity index (χ2v) is 10.3. The first kappa shape index (κ1) is 29.6. The first-order valence-electron chi connectivity index (χ1n) is 9.78. The van der Waals surface area contributed by atoms with Crippen LogP contribution in [0.1, 0.15) is 34.3 Å². The van der Waals surface area contributed by atoms with Gasteiger partial charge in [-0.2, -0.15) is 26.3 Å². The van der Waals surface area contributed by atoms with Gasteiger partial charge in [0.15, 0.2) is 0 Å². The fourth-order valence-electron chi connectivity index (χ4n) is 3.05. The summed E-state index contributed by atoms with van der Waals surface area (Å²) < 4.78 is 89.3. The molecule has 2 unspecified atom stereocenters. The van der Waals surface area contributed by atoms with Crippen LogP contribution in [-0.2, 0) is 11.2 Å². The van der Waals surface area contributed by atoms with Gasteiger partial charge in [-0.05, 0) is 59.6 Å². The second kappa shape index (κ2) is 12.1. The topological polar surface area (TPSA) is 52.2 Å². The fraction of sp³-hybridized carbons (Fsp3) is 0.318. The molecule has 1 N–H and O–H groups in total. The predicted octanol–water partition coefficient (Wildman–Crippen LogP) is 7.44. The van der Waals surface area contributed by atoms with Crippen LogP contribution in [0.15, 0.2) is 42.5 Å². The molecule has 0 aliphatic rings. The Morgan fingerprint density at radius 3 is 2.17 bits per heavy atom. The third kappa shape index (κ3) is 9.76. The van der Waals surface area contributed by atoms with E-state index in [9.17, 15) is 35.7 Å². The van der Waals surface area contributed by atoms with Crippen LogP contribution in [0, 0.1) is 0 Å². The van der Waals surface area contributed by atoms with E-state index >= 15 is 0 Å². The van der Waals surface area contributed by atoms with Crippen LogP contribution in [0.3, 0.4) is 0 Å². The molecule has 35 heavy (non-hydrogen) atoms. The van der Waals surface area contributed by atoms with Crippen LogP contribution >= 0.6 is 34.8 Å². The quantitative estimate of drug-likeness (QED) is 0.261. The summed E-state index contributed by atoms with van der Waals surface area (Å²) in [4.78, 5) is 12.4. The van der Waals surface area contributed by atoms with Gasteiger partial charge in [0.2, 0.25) is 5.75 Å². The number of hydrogen-bond acceptors (Lipinski definition) is 2. The molecule has 192 valence electrons. The lowest BCUT2D eigenvalue weighted by molar-refractivity contribution is -0.139. The van der Waals surface area contributed by atoms with Crippen LogP contribution in [-0.4, -0.2) is 40.4 Å². The van der Waals surface area contributed by atoms with Crippen molar-refractivity contribution < 1.29 is 35.7 Å². The number of rotatable bonds is 8. The molecule has 3 atom stereocenters. The summed E-state index contributed by atoms with van der Waals surface area (Å²) in [6, 6.07) is 6.63. The van der Waals surface area contributed by atoms with Crippen molar-refractivity contribution in [3.63, 3.8) is 0 Å². The van der Waals surface area contributed by atoms with Crippen molar-refractivity contribution in [2.45, 2.75) is 31.2 Å². The van der Waals surface area contributed by atoms with Crippen LogP contribution < -0.4 is 5.32 Å². The first-order valence-corrected chi connectivity index (χ1v) is 12.4. The smallest absolute Gasteiger partial charge is 0.433 e. The number of hydrogen-bond donors (Lipinski definition) is 1. The number of carbonyl (C=O) groups is 1. The Balaban J connectivity index is 2.14. The molecule has 0 bridgehead atoms. The Morgan fingerprint density at radius 1 is 1.06 bits per heavy atom. The van der Waals surface area contributed by atoms with Gasteiger partial charge in [0.25, 0.3) is 5.91 Å². The first-order chi connectivity index (χ1) is 16.0. The molecule has 0 aliphatic heterocycles. The van der Waals surface area contributed by atoms with E-state index in [1.54, 1.807) is 0 Å². The Hall–Kier alpha value is -1.59. The second-order valence-electron chi connectivity index (χ2n) is 7.56. The zero-order chi connectivity index (χ0) is 26.6. The SMILES string of the molecule is C[C@H](C[S+]([O-])CC(F)(F)F)NC(=O)c1ccc(/C=C/C(c2cc(Cl)cc(Cl)c2)C(F)(F)F)cc1Cl. The molecular weight excluding hydrogens is 563 g/mol. The van der Waals surface area contributed by atoms with Gasteiger partial charge >= 0.3 is 12.4 Å². The van der Waals surface area contributed by atoms with E-state index in [0.29, 0.717) is 0 Å².